The lowest BCUT2D eigenvalue weighted by atomic mass is 10.1. The number of rotatable bonds is 1. The summed E-state index contributed by atoms with van der Waals surface area (Å²) < 4.78 is 13.9. The van der Waals surface area contributed by atoms with Crippen molar-refractivity contribution in [1.29, 1.82) is 0 Å². The maximum absolute atomic E-state index is 13.9. The van der Waals surface area contributed by atoms with Gasteiger partial charge in [0.1, 0.15) is 18.5 Å². The van der Waals surface area contributed by atoms with Crippen molar-refractivity contribution < 1.29 is 19.1 Å². The molecular formula is C15H15FN2O3. The summed E-state index contributed by atoms with van der Waals surface area (Å²) in [4.78, 5) is 25.3. The Morgan fingerprint density at radius 1 is 1.57 bits per heavy atom. The van der Waals surface area contributed by atoms with Gasteiger partial charge >= 0.3 is 0 Å². The third-order valence-electron chi connectivity index (χ3n) is 3.27. The molecule has 1 aromatic carbocycles. The van der Waals surface area contributed by atoms with Gasteiger partial charge in [-0.3, -0.25) is 9.59 Å². The van der Waals surface area contributed by atoms with Crippen molar-refractivity contribution in [3.63, 3.8) is 0 Å². The molecule has 110 valence electrons. The number of aliphatic hydroxyl groups excluding tert-OH is 1. The third kappa shape index (κ3) is 3.20. The summed E-state index contributed by atoms with van der Waals surface area (Å²) in [6.07, 6.45) is 0. The van der Waals surface area contributed by atoms with Gasteiger partial charge < -0.3 is 15.3 Å². The van der Waals surface area contributed by atoms with Crippen molar-refractivity contribution in [1.82, 2.24) is 10.2 Å². The third-order valence-corrected chi connectivity index (χ3v) is 3.27. The Kier molecular flexibility index (Phi) is 4.55. The molecule has 1 fully saturated rings. The van der Waals surface area contributed by atoms with Crippen molar-refractivity contribution in [3.8, 4) is 11.8 Å². The van der Waals surface area contributed by atoms with E-state index in [0.29, 0.717) is 18.7 Å². The summed E-state index contributed by atoms with van der Waals surface area (Å²) in [6.45, 7) is 1.96. The van der Waals surface area contributed by atoms with Gasteiger partial charge in [0.2, 0.25) is 5.91 Å². The first-order chi connectivity index (χ1) is 10.0. The molecule has 1 saturated heterocycles. The zero-order valence-corrected chi connectivity index (χ0v) is 11.5. The van der Waals surface area contributed by atoms with E-state index in [1.54, 1.807) is 6.92 Å². The van der Waals surface area contributed by atoms with E-state index >= 15 is 0 Å². The molecular weight excluding hydrogens is 275 g/mol. The van der Waals surface area contributed by atoms with Crippen molar-refractivity contribution in [2.24, 2.45) is 0 Å². The van der Waals surface area contributed by atoms with Crippen molar-refractivity contribution >= 4 is 11.8 Å². The lowest BCUT2D eigenvalue weighted by molar-refractivity contribution is -0.127. The van der Waals surface area contributed by atoms with Gasteiger partial charge in [0, 0.05) is 18.7 Å². The number of amides is 2. The normalized spacial score (nSPS) is 17.8. The summed E-state index contributed by atoms with van der Waals surface area (Å²) in [7, 11) is 0. The fourth-order valence-corrected chi connectivity index (χ4v) is 2.12. The van der Waals surface area contributed by atoms with E-state index < -0.39 is 17.8 Å². The minimum absolute atomic E-state index is 0.124. The van der Waals surface area contributed by atoms with Gasteiger partial charge in [-0.15, -0.1) is 0 Å². The minimum atomic E-state index is -0.660. The molecule has 1 heterocycles. The molecule has 2 amide bonds. The molecule has 0 saturated carbocycles. The van der Waals surface area contributed by atoms with Gasteiger partial charge in [-0.1, -0.05) is 11.8 Å². The first kappa shape index (κ1) is 15.0. The predicted molar refractivity (Wildman–Crippen MR) is 73.9 cm³/mol. The van der Waals surface area contributed by atoms with E-state index in [1.165, 1.54) is 17.0 Å². The second kappa shape index (κ2) is 6.37. The minimum Gasteiger partial charge on any atom is -0.384 e. The van der Waals surface area contributed by atoms with Gasteiger partial charge in [-0.25, -0.2) is 4.39 Å². The van der Waals surface area contributed by atoms with Gasteiger partial charge in [0.25, 0.3) is 5.91 Å². The molecule has 0 aliphatic carbocycles. The Balaban J connectivity index is 2.31. The molecule has 6 heteroatoms. The maximum atomic E-state index is 13.9. The molecule has 0 aromatic heterocycles. The molecule has 1 atom stereocenters. The van der Waals surface area contributed by atoms with E-state index in [1.807, 2.05) is 0 Å². The van der Waals surface area contributed by atoms with Crippen molar-refractivity contribution in [2.45, 2.75) is 13.0 Å². The number of carbonyl (C=O) groups excluding carboxylic acids is 2. The number of nitrogens with zero attached hydrogens (tertiary/aromatic N) is 1. The molecule has 1 unspecified atom stereocenters. The average molecular weight is 290 g/mol. The fraction of sp³-hybridized carbons (Fsp3) is 0.333. The Hall–Kier alpha value is -2.39. The topological polar surface area (TPSA) is 69.6 Å². The standard InChI is InChI=1S/C15H15FN2O3/c1-10-14(20)17-6-7-18(10)15(21)12-9-11(3-2-8-19)4-5-13(12)16/h4-5,9-10,19H,6-8H2,1H3,(H,17,20). The Morgan fingerprint density at radius 2 is 2.33 bits per heavy atom. The van der Waals surface area contributed by atoms with Gasteiger partial charge in [0.05, 0.1) is 5.56 Å². The number of hydrogen-bond donors (Lipinski definition) is 2. The highest BCUT2D eigenvalue weighted by molar-refractivity contribution is 5.98. The fourth-order valence-electron chi connectivity index (χ4n) is 2.12. The van der Waals surface area contributed by atoms with Crippen LogP contribution in [-0.4, -0.2) is 47.6 Å². The number of nitrogens with one attached hydrogen (secondary N) is 1. The largest absolute Gasteiger partial charge is 0.384 e. The molecule has 2 rings (SSSR count). The van der Waals surface area contributed by atoms with Crippen LogP contribution >= 0.6 is 0 Å². The number of halogens is 1. The van der Waals surface area contributed by atoms with Crippen LogP contribution in [0.25, 0.3) is 0 Å². The predicted octanol–water partition coefficient (Wildman–Crippen LogP) is 0.130. The lowest BCUT2D eigenvalue weighted by Crippen LogP contribution is -2.55. The zero-order valence-electron chi connectivity index (χ0n) is 11.5. The number of hydrogen-bond acceptors (Lipinski definition) is 3. The lowest BCUT2D eigenvalue weighted by Gasteiger charge is -2.32. The number of aliphatic hydroxyl groups is 1. The van der Waals surface area contributed by atoms with Crippen LogP contribution in [-0.2, 0) is 4.79 Å². The Bertz CT molecular complexity index is 634. The molecule has 5 nitrogen and oxygen atoms in total. The number of benzene rings is 1. The van der Waals surface area contributed by atoms with E-state index in [0.717, 1.165) is 6.07 Å². The van der Waals surface area contributed by atoms with Gasteiger partial charge in [0.15, 0.2) is 0 Å². The number of piperazine rings is 1. The maximum Gasteiger partial charge on any atom is 0.257 e. The molecule has 1 aliphatic rings. The zero-order chi connectivity index (χ0) is 15.4. The Labute approximate surface area is 121 Å². The molecule has 1 aromatic rings. The summed E-state index contributed by atoms with van der Waals surface area (Å²) >= 11 is 0. The molecule has 2 N–H and O–H groups in total. The van der Waals surface area contributed by atoms with Crippen molar-refractivity contribution in [2.75, 3.05) is 19.7 Å². The highest BCUT2D eigenvalue weighted by atomic mass is 19.1. The average Bonchev–Trinajstić information content (AvgIpc) is 2.48. The van der Waals surface area contributed by atoms with E-state index in [4.69, 9.17) is 5.11 Å². The molecule has 0 spiro atoms. The summed E-state index contributed by atoms with van der Waals surface area (Å²) in [6, 6.07) is 3.28. The van der Waals surface area contributed by atoms with E-state index in [9.17, 15) is 14.0 Å². The molecule has 21 heavy (non-hydrogen) atoms. The highest BCUT2D eigenvalue weighted by Gasteiger charge is 2.31. The number of carbonyl (C=O) groups is 2. The summed E-state index contributed by atoms with van der Waals surface area (Å²) in [5.41, 5.74) is 0.309. The van der Waals surface area contributed by atoms with Crippen LogP contribution in [0.5, 0.6) is 0 Å². The highest BCUT2D eigenvalue weighted by Crippen LogP contribution is 2.16. The quantitative estimate of drug-likeness (QED) is 0.722. The Morgan fingerprint density at radius 3 is 3.05 bits per heavy atom. The first-order valence-electron chi connectivity index (χ1n) is 6.52. The van der Waals surface area contributed by atoms with Crippen LogP contribution in [0.3, 0.4) is 0 Å². The molecule has 0 radical (unpaired) electrons. The van der Waals surface area contributed by atoms with E-state index in [-0.39, 0.29) is 18.1 Å². The van der Waals surface area contributed by atoms with Crippen LogP contribution in [0.15, 0.2) is 18.2 Å². The van der Waals surface area contributed by atoms with Gasteiger partial charge in [-0.2, -0.15) is 0 Å². The van der Waals surface area contributed by atoms with Crippen molar-refractivity contribution in [3.05, 3.63) is 35.1 Å². The molecule has 1 aliphatic heterocycles. The summed E-state index contributed by atoms with van der Waals surface area (Å²) in [5.74, 6) is 3.61. The molecule has 0 bridgehead atoms. The smallest absolute Gasteiger partial charge is 0.257 e. The van der Waals surface area contributed by atoms with Crippen LogP contribution < -0.4 is 5.32 Å². The SMILES string of the molecule is CC1C(=O)NCCN1C(=O)c1cc(C#CCO)ccc1F. The van der Waals surface area contributed by atoms with Crippen LogP contribution in [0.2, 0.25) is 0 Å². The van der Waals surface area contributed by atoms with Gasteiger partial charge in [-0.05, 0) is 25.1 Å². The second-order valence-electron chi connectivity index (χ2n) is 4.62. The van der Waals surface area contributed by atoms with Crippen LogP contribution in [0, 0.1) is 17.7 Å². The first-order valence-corrected chi connectivity index (χ1v) is 6.52. The van der Waals surface area contributed by atoms with Crippen LogP contribution in [0.1, 0.15) is 22.8 Å². The summed E-state index contributed by atoms with van der Waals surface area (Å²) in [5, 5.41) is 11.3. The second-order valence-corrected chi connectivity index (χ2v) is 4.62. The van der Waals surface area contributed by atoms with E-state index in [2.05, 4.69) is 17.2 Å². The monoisotopic (exact) mass is 290 g/mol. The van der Waals surface area contributed by atoms with Crippen LogP contribution in [0.4, 0.5) is 4.39 Å².